The van der Waals surface area contributed by atoms with E-state index in [-0.39, 0.29) is 5.41 Å². The van der Waals surface area contributed by atoms with Gasteiger partial charge in [0.1, 0.15) is 0 Å². The van der Waals surface area contributed by atoms with Gasteiger partial charge in [-0.1, -0.05) is 136 Å². The first-order chi connectivity index (χ1) is 20.0. The Morgan fingerprint density at radius 1 is 0.390 bits per heavy atom. The highest BCUT2D eigenvalue weighted by molar-refractivity contribution is 6.10. The summed E-state index contributed by atoms with van der Waals surface area (Å²) in [6.45, 7) is 6.86. The molecule has 0 saturated carbocycles. The highest BCUT2D eigenvalue weighted by atomic mass is 15.0. The highest BCUT2D eigenvalue weighted by Crippen LogP contribution is 2.37. The van der Waals surface area contributed by atoms with E-state index in [0.29, 0.717) is 0 Å². The van der Waals surface area contributed by atoms with Crippen LogP contribution in [0.15, 0.2) is 146 Å². The number of hydrogen-bond donors (Lipinski definition) is 0. The van der Waals surface area contributed by atoms with Crippen LogP contribution in [0.1, 0.15) is 26.3 Å². The molecule has 0 N–H and O–H groups in total. The Balaban J connectivity index is 1.32. The molecule has 1 heteroatoms. The molecule has 0 bridgehead atoms. The standard InChI is InChI=1S/C40H33N/c1-40(2,3)34-25-32(28-12-6-4-7-13-28)24-33(26-34)30-20-18-29(19-21-30)31-22-23-37-36-16-10-11-17-38(36)41(39(37)27-31)35-14-8-5-9-15-35/h4-27H,1-3H3. The van der Waals surface area contributed by atoms with E-state index in [2.05, 4.69) is 171 Å². The molecule has 0 aliphatic rings. The molecule has 7 aromatic rings. The third-order valence-corrected chi connectivity index (χ3v) is 8.15. The average molecular weight is 528 g/mol. The molecule has 1 nitrogen and oxygen atoms in total. The third kappa shape index (κ3) is 4.64. The zero-order valence-corrected chi connectivity index (χ0v) is 23.8. The van der Waals surface area contributed by atoms with Crippen molar-refractivity contribution in [2.45, 2.75) is 26.2 Å². The van der Waals surface area contributed by atoms with Crippen LogP contribution in [0.5, 0.6) is 0 Å². The largest absolute Gasteiger partial charge is 0.309 e. The zero-order chi connectivity index (χ0) is 28.0. The summed E-state index contributed by atoms with van der Waals surface area (Å²) in [5, 5.41) is 2.55. The third-order valence-electron chi connectivity index (χ3n) is 8.15. The maximum atomic E-state index is 2.38. The van der Waals surface area contributed by atoms with Gasteiger partial charge in [-0.25, -0.2) is 0 Å². The average Bonchev–Trinajstić information content (AvgIpc) is 3.35. The quantitative estimate of drug-likeness (QED) is 0.214. The van der Waals surface area contributed by atoms with Crippen LogP contribution < -0.4 is 0 Å². The van der Waals surface area contributed by atoms with Crippen LogP contribution in [0, 0.1) is 0 Å². The van der Waals surface area contributed by atoms with Crippen molar-refractivity contribution in [3.63, 3.8) is 0 Å². The van der Waals surface area contributed by atoms with Gasteiger partial charge in [0, 0.05) is 16.5 Å². The summed E-state index contributed by atoms with van der Waals surface area (Å²) in [7, 11) is 0. The van der Waals surface area contributed by atoms with Gasteiger partial charge in [-0.05, 0) is 74.7 Å². The lowest BCUT2D eigenvalue weighted by molar-refractivity contribution is 0.590. The first-order valence-corrected chi connectivity index (χ1v) is 14.4. The van der Waals surface area contributed by atoms with E-state index in [1.807, 2.05) is 0 Å². The maximum absolute atomic E-state index is 2.38. The fourth-order valence-electron chi connectivity index (χ4n) is 5.89. The Hall–Kier alpha value is -4.88. The van der Waals surface area contributed by atoms with E-state index in [1.165, 1.54) is 66.4 Å². The number of rotatable bonds is 4. The number of fused-ring (bicyclic) bond motifs is 3. The minimum atomic E-state index is 0.0616. The van der Waals surface area contributed by atoms with Crippen molar-refractivity contribution >= 4 is 21.8 Å². The lowest BCUT2D eigenvalue weighted by Crippen LogP contribution is -2.11. The fraction of sp³-hybridized carbons (Fsp3) is 0.100. The van der Waals surface area contributed by atoms with Crippen LogP contribution in [0.25, 0.3) is 60.9 Å². The van der Waals surface area contributed by atoms with Gasteiger partial charge in [0.15, 0.2) is 0 Å². The van der Waals surface area contributed by atoms with Gasteiger partial charge < -0.3 is 4.57 Å². The van der Waals surface area contributed by atoms with E-state index >= 15 is 0 Å². The van der Waals surface area contributed by atoms with E-state index in [4.69, 9.17) is 0 Å². The van der Waals surface area contributed by atoms with Crippen molar-refractivity contribution in [2.75, 3.05) is 0 Å². The first-order valence-electron chi connectivity index (χ1n) is 14.4. The predicted octanol–water partition coefficient (Wildman–Crippen LogP) is 11.1. The number of benzene rings is 6. The molecular weight excluding hydrogens is 494 g/mol. The number of hydrogen-bond acceptors (Lipinski definition) is 0. The van der Waals surface area contributed by atoms with Crippen molar-refractivity contribution in [1.82, 2.24) is 4.57 Å². The lowest BCUT2D eigenvalue weighted by atomic mass is 9.83. The molecule has 0 spiro atoms. The minimum Gasteiger partial charge on any atom is -0.309 e. The predicted molar refractivity (Wildman–Crippen MR) is 176 cm³/mol. The van der Waals surface area contributed by atoms with Gasteiger partial charge in [-0.15, -0.1) is 0 Å². The molecule has 7 rings (SSSR count). The molecule has 0 atom stereocenters. The summed E-state index contributed by atoms with van der Waals surface area (Å²) in [6.07, 6.45) is 0. The van der Waals surface area contributed by atoms with Crippen LogP contribution >= 0.6 is 0 Å². The van der Waals surface area contributed by atoms with Crippen molar-refractivity contribution in [1.29, 1.82) is 0 Å². The van der Waals surface area contributed by atoms with Gasteiger partial charge in [0.2, 0.25) is 0 Å². The molecule has 0 amide bonds. The van der Waals surface area contributed by atoms with Gasteiger partial charge in [-0.3, -0.25) is 0 Å². The lowest BCUT2D eigenvalue weighted by Gasteiger charge is -2.22. The number of aromatic nitrogens is 1. The van der Waals surface area contributed by atoms with Gasteiger partial charge in [-0.2, -0.15) is 0 Å². The smallest absolute Gasteiger partial charge is 0.0547 e. The van der Waals surface area contributed by atoms with Crippen LogP contribution in [-0.2, 0) is 5.41 Å². The van der Waals surface area contributed by atoms with Crippen molar-refractivity contribution in [3.8, 4) is 39.1 Å². The Bertz CT molecular complexity index is 1990. The second kappa shape index (κ2) is 9.94. The number of nitrogens with zero attached hydrogens (tertiary/aromatic N) is 1. The summed E-state index contributed by atoms with van der Waals surface area (Å²) in [5.74, 6) is 0. The summed E-state index contributed by atoms with van der Waals surface area (Å²) in [6, 6.07) is 53.0. The second-order valence-electron chi connectivity index (χ2n) is 11.9. The minimum absolute atomic E-state index is 0.0616. The summed E-state index contributed by atoms with van der Waals surface area (Å²) < 4.78 is 2.38. The molecule has 1 aromatic heterocycles. The Morgan fingerprint density at radius 3 is 1.56 bits per heavy atom. The Labute approximate surface area is 242 Å². The molecular formula is C40H33N. The van der Waals surface area contributed by atoms with Gasteiger partial charge in [0.25, 0.3) is 0 Å². The summed E-state index contributed by atoms with van der Waals surface area (Å²) >= 11 is 0. The van der Waals surface area contributed by atoms with E-state index in [1.54, 1.807) is 0 Å². The molecule has 198 valence electrons. The second-order valence-corrected chi connectivity index (χ2v) is 11.9. The molecule has 0 aliphatic heterocycles. The van der Waals surface area contributed by atoms with Crippen molar-refractivity contribution in [3.05, 3.63) is 151 Å². The molecule has 0 aliphatic carbocycles. The topological polar surface area (TPSA) is 4.93 Å². The fourth-order valence-corrected chi connectivity index (χ4v) is 5.89. The van der Waals surface area contributed by atoms with Gasteiger partial charge >= 0.3 is 0 Å². The van der Waals surface area contributed by atoms with Crippen LogP contribution in [-0.4, -0.2) is 4.57 Å². The Morgan fingerprint density at radius 2 is 0.902 bits per heavy atom. The molecule has 0 unspecified atom stereocenters. The van der Waals surface area contributed by atoms with Crippen molar-refractivity contribution in [2.24, 2.45) is 0 Å². The molecule has 0 saturated heterocycles. The van der Waals surface area contributed by atoms with E-state index < -0.39 is 0 Å². The molecule has 6 aromatic carbocycles. The molecule has 41 heavy (non-hydrogen) atoms. The molecule has 0 radical (unpaired) electrons. The zero-order valence-electron chi connectivity index (χ0n) is 23.8. The van der Waals surface area contributed by atoms with Gasteiger partial charge in [0.05, 0.1) is 11.0 Å². The van der Waals surface area contributed by atoms with Crippen LogP contribution in [0.4, 0.5) is 0 Å². The molecule has 1 heterocycles. The summed E-state index contributed by atoms with van der Waals surface area (Å²) in [4.78, 5) is 0. The number of para-hydroxylation sites is 2. The van der Waals surface area contributed by atoms with Crippen LogP contribution in [0.2, 0.25) is 0 Å². The SMILES string of the molecule is CC(C)(C)c1cc(-c2ccccc2)cc(-c2ccc(-c3ccc4c5ccccc5n(-c5ccccc5)c4c3)cc2)c1. The summed E-state index contributed by atoms with van der Waals surface area (Å²) in [5.41, 5.74) is 12.5. The Kier molecular flexibility index (Phi) is 6.09. The molecule has 0 fully saturated rings. The highest BCUT2D eigenvalue weighted by Gasteiger charge is 2.17. The van der Waals surface area contributed by atoms with Crippen LogP contribution in [0.3, 0.4) is 0 Å². The van der Waals surface area contributed by atoms with Crippen molar-refractivity contribution < 1.29 is 0 Å². The normalized spacial score (nSPS) is 11.8. The van der Waals surface area contributed by atoms with E-state index in [0.717, 1.165) is 0 Å². The maximum Gasteiger partial charge on any atom is 0.0547 e. The monoisotopic (exact) mass is 527 g/mol. The first kappa shape index (κ1) is 25.1. The van der Waals surface area contributed by atoms with E-state index in [9.17, 15) is 0 Å².